The molecule has 0 saturated carbocycles. The fourth-order valence-electron chi connectivity index (χ4n) is 2.18. The number of aromatic nitrogens is 1. The van der Waals surface area contributed by atoms with Gasteiger partial charge in [0.2, 0.25) is 0 Å². The maximum atomic E-state index is 11.9. The van der Waals surface area contributed by atoms with Gasteiger partial charge in [-0.15, -0.1) is 0 Å². The van der Waals surface area contributed by atoms with Gasteiger partial charge >= 0.3 is 5.97 Å². The van der Waals surface area contributed by atoms with E-state index in [1.807, 2.05) is 54.6 Å². The number of nitrogens with one attached hydrogen (secondary N) is 1. The maximum Gasteiger partial charge on any atom is 0.350 e. The van der Waals surface area contributed by atoms with E-state index in [4.69, 9.17) is 4.74 Å². The molecule has 0 spiro atoms. The van der Waals surface area contributed by atoms with E-state index in [9.17, 15) is 4.79 Å². The van der Waals surface area contributed by atoms with Gasteiger partial charge in [-0.3, -0.25) is 0 Å². The zero-order valence-corrected chi connectivity index (χ0v) is 15.3. The minimum absolute atomic E-state index is 0.341. The van der Waals surface area contributed by atoms with Crippen molar-refractivity contribution in [2.24, 2.45) is 10.2 Å². The summed E-state index contributed by atoms with van der Waals surface area (Å²) in [6, 6.07) is 17.1. The van der Waals surface area contributed by atoms with Gasteiger partial charge in [-0.05, 0) is 50.2 Å². The highest BCUT2D eigenvalue weighted by Gasteiger charge is 2.16. The van der Waals surface area contributed by atoms with Crippen molar-refractivity contribution in [3.63, 3.8) is 0 Å². The number of thiazole rings is 1. The Kier molecular flexibility index (Phi) is 5.70. The maximum absolute atomic E-state index is 11.9. The molecule has 1 aromatic heterocycles. The zero-order valence-electron chi connectivity index (χ0n) is 14.5. The fourth-order valence-corrected chi connectivity index (χ4v) is 3.06. The highest BCUT2D eigenvalue weighted by atomic mass is 32.1. The van der Waals surface area contributed by atoms with E-state index in [1.165, 1.54) is 11.3 Å². The highest BCUT2D eigenvalue weighted by molar-refractivity contribution is 7.17. The number of carbonyl (C=O) groups excluding carboxylic acids is 1. The van der Waals surface area contributed by atoms with Crippen LogP contribution >= 0.6 is 11.3 Å². The quantitative estimate of drug-likeness (QED) is 0.443. The Bertz CT molecular complexity index is 905. The van der Waals surface area contributed by atoms with E-state index >= 15 is 0 Å². The molecule has 0 fully saturated rings. The number of hydrogen-bond donors (Lipinski definition) is 1. The lowest BCUT2D eigenvalue weighted by Gasteiger charge is -2.02. The lowest BCUT2D eigenvalue weighted by molar-refractivity contribution is 0.0531. The molecule has 26 heavy (non-hydrogen) atoms. The molecule has 0 saturated heterocycles. The van der Waals surface area contributed by atoms with Gasteiger partial charge in [-0.25, -0.2) is 9.78 Å². The van der Waals surface area contributed by atoms with Crippen molar-refractivity contribution in [1.29, 1.82) is 0 Å². The Labute approximate surface area is 155 Å². The molecule has 0 aliphatic heterocycles. The number of rotatable bonds is 6. The van der Waals surface area contributed by atoms with Gasteiger partial charge in [0.15, 0.2) is 5.13 Å². The van der Waals surface area contributed by atoms with Crippen molar-refractivity contribution in [2.75, 3.05) is 11.9 Å². The van der Waals surface area contributed by atoms with Crippen molar-refractivity contribution in [1.82, 2.24) is 4.98 Å². The van der Waals surface area contributed by atoms with Crippen LogP contribution in [0.2, 0.25) is 0 Å². The van der Waals surface area contributed by atoms with E-state index in [0.29, 0.717) is 22.3 Å². The first-order valence-electron chi connectivity index (χ1n) is 8.14. The molecule has 1 heterocycles. The Hall–Kier alpha value is -3.06. The summed E-state index contributed by atoms with van der Waals surface area (Å²) in [6.45, 7) is 3.92. The monoisotopic (exact) mass is 366 g/mol. The zero-order chi connectivity index (χ0) is 18.4. The number of ether oxygens (including phenoxy) is 1. The summed E-state index contributed by atoms with van der Waals surface area (Å²) in [4.78, 5) is 16.8. The topological polar surface area (TPSA) is 75.9 Å². The molecule has 0 aliphatic rings. The fraction of sp³-hybridized carbons (Fsp3) is 0.158. The summed E-state index contributed by atoms with van der Waals surface area (Å²) in [7, 11) is 0. The molecule has 0 bridgehead atoms. The summed E-state index contributed by atoms with van der Waals surface area (Å²) in [5, 5.41) is 12.2. The molecule has 6 nitrogen and oxygen atoms in total. The Morgan fingerprint density at radius 1 is 1.08 bits per heavy atom. The third-order valence-electron chi connectivity index (χ3n) is 3.41. The third-order valence-corrected chi connectivity index (χ3v) is 4.47. The van der Waals surface area contributed by atoms with Crippen molar-refractivity contribution in [3.8, 4) is 0 Å². The van der Waals surface area contributed by atoms with E-state index in [0.717, 1.165) is 17.1 Å². The second kappa shape index (κ2) is 8.35. The highest BCUT2D eigenvalue weighted by Crippen LogP contribution is 2.27. The number of anilines is 2. The van der Waals surface area contributed by atoms with Crippen LogP contribution in [0.3, 0.4) is 0 Å². The first kappa shape index (κ1) is 17.8. The van der Waals surface area contributed by atoms with E-state index < -0.39 is 0 Å². The van der Waals surface area contributed by atoms with Gasteiger partial charge in [0.25, 0.3) is 0 Å². The van der Waals surface area contributed by atoms with Gasteiger partial charge in [0.1, 0.15) is 4.88 Å². The molecule has 0 radical (unpaired) electrons. The third kappa shape index (κ3) is 4.52. The summed E-state index contributed by atoms with van der Waals surface area (Å²) >= 11 is 1.28. The van der Waals surface area contributed by atoms with Gasteiger partial charge in [-0.1, -0.05) is 29.5 Å². The Morgan fingerprint density at radius 3 is 2.38 bits per heavy atom. The predicted octanol–water partition coefficient (Wildman–Crippen LogP) is 5.79. The summed E-state index contributed by atoms with van der Waals surface area (Å²) in [6.07, 6.45) is 0. The number of azo groups is 1. The first-order valence-corrected chi connectivity index (χ1v) is 8.96. The minimum atomic E-state index is -0.341. The van der Waals surface area contributed by atoms with Gasteiger partial charge in [0.05, 0.1) is 23.7 Å². The van der Waals surface area contributed by atoms with Gasteiger partial charge < -0.3 is 10.1 Å². The standard InChI is InChI=1S/C19H18N4O2S/c1-3-25-18(24)17-13(2)20-19(26-17)21-14-9-11-16(12-10-14)23-22-15-7-5-4-6-8-15/h4-12H,3H2,1-2H3,(H,20,21). The molecule has 3 rings (SSSR count). The van der Waals surface area contributed by atoms with Crippen LogP contribution in [0.4, 0.5) is 22.2 Å². The molecule has 2 aromatic carbocycles. The summed E-state index contributed by atoms with van der Waals surface area (Å²) in [5.74, 6) is -0.341. The first-order chi connectivity index (χ1) is 12.7. The van der Waals surface area contributed by atoms with Crippen LogP contribution in [0.15, 0.2) is 64.8 Å². The molecule has 7 heteroatoms. The lowest BCUT2D eigenvalue weighted by Crippen LogP contribution is -2.03. The smallest absolute Gasteiger partial charge is 0.350 e. The average molecular weight is 366 g/mol. The SMILES string of the molecule is CCOC(=O)c1sc(Nc2ccc(N=Nc3ccccc3)cc2)nc1C. The Balaban J connectivity index is 1.67. The van der Waals surface area contributed by atoms with Crippen LogP contribution in [0.25, 0.3) is 0 Å². The second-order valence-corrected chi connectivity index (χ2v) is 6.36. The van der Waals surface area contributed by atoms with Gasteiger partial charge in [0, 0.05) is 5.69 Å². The molecule has 3 aromatic rings. The Morgan fingerprint density at radius 2 is 1.73 bits per heavy atom. The molecule has 0 unspecified atom stereocenters. The van der Waals surface area contributed by atoms with E-state index in [-0.39, 0.29) is 5.97 Å². The second-order valence-electron chi connectivity index (χ2n) is 5.36. The molecule has 132 valence electrons. The summed E-state index contributed by atoms with van der Waals surface area (Å²) in [5.41, 5.74) is 3.07. The van der Waals surface area contributed by atoms with Crippen LogP contribution in [0, 0.1) is 6.92 Å². The number of nitrogens with zero attached hydrogens (tertiary/aromatic N) is 3. The van der Waals surface area contributed by atoms with Crippen LogP contribution in [-0.2, 0) is 4.74 Å². The van der Waals surface area contributed by atoms with Crippen LogP contribution in [0.1, 0.15) is 22.3 Å². The van der Waals surface area contributed by atoms with E-state index in [2.05, 4.69) is 20.5 Å². The number of hydrogen-bond acceptors (Lipinski definition) is 7. The largest absolute Gasteiger partial charge is 0.462 e. The van der Waals surface area contributed by atoms with Crippen LogP contribution in [-0.4, -0.2) is 17.6 Å². The number of carbonyl (C=O) groups is 1. The average Bonchev–Trinajstić information content (AvgIpc) is 3.02. The number of esters is 1. The molecular formula is C19H18N4O2S. The van der Waals surface area contributed by atoms with Crippen LogP contribution < -0.4 is 5.32 Å². The molecule has 1 N–H and O–H groups in total. The summed E-state index contributed by atoms with van der Waals surface area (Å²) < 4.78 is 5.03. The van der Waals surface area contributed by atoms with Crippen LogP contribution in [0.5, 0.6) is 0 Å². The van der Waals surface area contributed by atoms with E-state index in [1.54, 1.807) is 13.8 Å². The number of aryl methyl sites for hydroxylation is 1. The molecular weight excluding hydrogens is 348 g/mol. The van der Waals surface area contributed by atoms with Crippen molar-refractivity contribution < 1.29 is 9.53 Å². The van der Waals surface area contributed by atoms with Crippen molar-refractivity contribution in [3.05, 3.63) is 65.2 Å². The number of benzene rings is 2. The normalized spacial score (nSPS) is 10.8. The predicted molar refractivity (Wildman–Crippen MR) is 103 cm³/mol. The van der Waals surface area contributed by atoms with Crippen molar-refractivity contribution in [2.45, 2.75) is 13.8 Å². The van der Waals surface area contributed by atoms with Crippen molar-refractivity contribution >= 4 is 39.5 Å². The molecule has 0 amide bonds. The molecule has 0 aliphatic carbocycles. The minimum Gasteiger partial charge on any atom is -0.462 e. The molecule has 0 atom stereocenters. The lowest BCUT2D eigenvalue weighted by atomic mass is 10.3. The van der Waals surface area contributed by atoms with Gasteiger partial charge in [-0.2, -0.15) is 10.2 Å².